The lowest BCUT2D eigenvalue weighted by molar-refractivity contribution is -0.121. The van der Waals surface area contributed by atoms with E-state index in [1.54, 1.807) is 7.11 Å². The van der Waals surface area contributed by atoms with Crippen LogP contribution in [-0.2, 0) is 11.3 Å². The Morgan fingerprint density at radius 2 is 1.94 bits per heavy atom. The van der Waals surface area contributed by atoms with Crippen LogP contribution in [0.1, 0.15) is 17.0 Å². The molecule has 1 amide bonds. The van der Waals surface area contributed by atoms with E-state index in [0.29, 0.717) is 6.54 Å². The third-order valence-electron chi connectivity index (χ3n) is 5.25. The zero-order valence-corrected chi connectivity index (χ0v) is 18.7. The number of benzene rings is 2. The first-order chi connectivity index (χ1) is 15.5. The van der Waals surface area contributed by atoms with Crippen molar-refractivity contribution in [3.05, 3.63) is 92.5 Å². The topological polar surface area (TPSA) is 89.0 Å². The van der Waals surface area contributed by atoms with E-state index in [4.69, 9.17) is 27.9 Å². The summed E-state index contributed by atoms with van der Waals surface area (Å²) in [6.07, 6.45) is 3.20. The molecule has 2 aromatic carbocycles. The smallest absolute Gasteiger partial charge is 0.287 e. The van der Waals surface area contributed by atoms with Crippen LogP contribution in [0, 0.1) is 0 Å². The van der Waals surface area contributed by atoms with Crippen LogP contribution in [0.3, 0.4) is 0 Å². The van der Waals surface area contributed by atoms with Gasteiger partial charge in [-0.25, -0.2) is 4.68 Å². The molecule has 0 aliphatic carbocycles. The number of rotatable bonds is 7. The van der Waals surface area contributed by atoms with Crippen LogP contribution in [0.5, 0.6) is 5.75 Å². The molecule has 0 fully saturated rings. The van der Waals surface area contributed by atoms with Crippen molar-refractivity contribution in [1.29, 1.82) is 0 Å². The molecule has 0 radical (unpaired) electrons. The Labute approximate surface area is 193 Å². The number of fused-ring (bicyclic) bond motifs is 1. The summed E-state index contributed by atoms with van der Waals surface area (Å²) in [5.41, 5.74) is 2.47. The van der Waals surface area contributed by atoms with E-state index in [-0.39, 0.29) is 28.4 Å². The van der Waals surface area contributed by atoms with Crippen LogP contribution in [0.2, 0.25) is 10.0 Å². The fourth-order valence-corrected chi connectivity index (χ4v) is 3.86. The molecule has 1 unspecified atom stereocenters. The second kappa shape index (κ2) is 9.46. The average Bonchev–Trinajstić information content (AvgIpc) is 3.24. The molecule has 9 heteroatoms. The summed E-state index contributed by atoms with van der Waals surface area (Å²) in [6.45, 7) is 0.0576. The summed E-state index contributed by atoms with van der Waals surface area (Å²) in [6, 6.07) is 15.7. The number of para-hydroxylation sites is 1. The zero-order chi connectivity index (χ0) is 22.7. The highest BCUT2D eigenvalue weighted by Gasteiger charge is 2.20. The highest BCUT2D eigenvalue weighted by Crippen LogP contribution is 2.31. The summed E-state index contributed by atoms with van der Waals surface area (Å²) >= 11 is 11.7. The molecule has 0 bridgehead atoms. The Balaban J connectivity index is 1.59. The number of amides is 1. The predicted octanol–water partition coefficient (Wildman–Crippen LogP) is 3.99. The van der Waals surface area contributed by atoms with Crippen LogP contribution < -0.4 is 15.6 Å². The van der Waals surface area contributed by atoms with Gasteiger partial charge >= 0.3 is 0 Å². The molecule has 0 spiro atoms. The minimum absolute atomic E-state index is 0.0484. The number of carbonyl (C=O) groups is 1. The van der Waals surface area contributed by atoms with Gasteiger partial charge < -0.3 is 15.0 Å². The van der Waals surface area contributed by atoms with E-state index < -0.39 is 5.56 Å². The molecule has 164 valence electrons. The number of carbonyl (C=O) groups excluding carboxylic acids is 1. The summed E-state index contributed by atoms with van der Waals surface area (Å²) in [5, 5.41) is 7.75. The lowest BCUT2D eigenvalue weighted by atomic mass is 9.91. The number of halogens is 2. The number of hydrogen-bond donors (Lipinski definition) is 2. The highest BCUT2D eigenvalue weighted by atomic mass is 35.5. The summed E-state index contributed by atoms with van der Waals surface area (Å²) < 4.78 is 6.25. The number of H-pyrrole nitrogens is 1. The quantitative estimate of drug-likeness (QED) is 0.427. The van der Waals surface area contributed by atoms with Crippen LogP contribution >= 0.6 is 23.2 Å². The standard InChI is InChI=1S/C23H20Cl2N4O3/c1-32-15-8-6-14(7-9-15)17(18-11-26-20-5-3-2-4-16(18)20)10-27-21(30)13-29-23(31)22(25)19(24)12-28-29/h2-9,11-12,17,26H,10,13H2,1H3,(H,27,30). The van der Waals surface area contributed by atoms with Gasteiger partial charge in [-0.05, 0) is 29.3 Å². The third-order valence-corrected chi connectivity index (χ3v) is 6.00. The van der Waals surface area contributed by atoms with Crippen LogP contribution in [0.25, 0.3) is 10.9 Å². The van der Waals surface area contributed by atoms with Gasteiger partial charge in [-0.2, -0.15) is 5.10 Å². The molecule has 0 saturated heterocycles. The monoisotopic (exact) mass is 470 g/mol. The van der Waals surface area contributed by atoms with Crippen molar-refractivity contribution in [2.24, 2.45) is 0 Å². The molecule has 0 aliphatic rings. The molecule has 7 nitrogen and oxygen atoms in total. The SMILES string of the molecule is COc1ccc(C(CNC(=O)Cn2ncc(Cl)c(Cl)c2=O)c2c[nH]c3ccccc23)cc1. The molecule has 2 aromatic heterocycles. The van der Waals surface area contributed by atoms with Crippen LogP contribution in [0.4, 0.5) is 0 Å². The van der Waals surface area contributed by atoms with Crippen molar-refractivity contribution < 1.29 is 9.53 Å². The molecule has 0 aliphatic heterocycles. The second-order valence-electron chi connectivity index (χ2n) is 7.19. The van der Waals surface area contributed by atoms with Crippen molar-refractivity contribution in [3.63, 3.8) is 0 Å². The number of aromatic nitrogens is 3. The maximum atomic E-state index is 12.6. The lowest BCUT2D eigenvalue weighted by Gasteiger charge is -2.19. The van der Waals surface area contributed by atoms with E-state index in [1.165, 1.54) is 6.20 Å². The van der Waals surface area contributed by atoms with Crippen molar-refractivity contribution in [3.8, 4) is 5.75 Å². The first-order valence-electron chi connectivity index (χ1n) is 9.85. The number of hydrogen-bond acceptors (Lipinski definition) is 4. The zero-order valence-electron chi connectivity index (χ0n) is 17.1. The molecule has 2 N–H and O–H groups in total. The fourth-order valence-electron chi connectivity index (χ4n) is 3.59. The number of ether oxygens (including phenoxy) is 1. The minimum atomic E-state index is -0.613. The van der Waals surface area contributed by atoms with E-state index in [9.17, 15) is 9.59 Å². The Morgan fingerprint density at radius 1 is 1.19 bits per heavy atom. The Morgan fingerprint density at radius 3 is 2.69 bits per heavy atom. The van der Waals surface area contributed by atoms with Crippen molar-refractivity contribution >= 4 is 40.0 Å². The van der Waals surface area contributed by atoms with Gasteiger partial charge in [-0.1, -0.05) is 53.5 Å². The average molecular weight is 471 g/mol. The molecule has 0 saturated carbocycles. The summed E-state index contributed by atoms with van der Waals surface area (Å²) in [4.78, 5) is 28.1. The first-order valence-corrected chi connectivity index (χ1v) is 10.6. The van der Waals surface area contributed by atoms with Crippen molar-refractivity contribution in [2.75, 3.05) is 13.7 Å². The van der Waals surface area contributed by atoms with Crippen molar-refractivity contribution in [1.82, 2.24) is 20.1 Å². The summed E-state index contributed by atoms with van der Waals surface area (Å²) in [5.74, 6) is 0.261. The van der Waals surface area contributed by atoms with Gasteiger partial charge in [0, 0.05) is 29.6 Å². The van der Waals surface area contributed by atoms with Crippen molar-refractivity contribution in [2.45, 2.75) is 12.5 Å². The number of nitrogens with zero attached hydrogens (tertiary/aromatic N) is 2. The van der Waals surface area contributed by atoms with Gasteiger partial charge in [-0.15, -0.1) is 0 Å². The molecule has 4 aromatic rings. The second-order valence-corrected chi connectivity index (χ2v) is 7.97. The number of aromatic amines is 1. The molecular weight excluding hydrogens is 451 g/mol. The third kappa shape index (κ3) is 4.49. The molecule has 4 rings (SSSR count). The Kier molecular flexibility index (Phi) is 6.48. The maximum Gasteiger partial charge on any atom is 0.287 e. The fraction of sp³-hybridized carbons (Fsp3) is 0.174. The predicted molar refractivity (Wildman–Crippen MR) is 125 cm³/mol. The lowest BCUT2D eigenvalue weighted by Crippen LogP contribution is -2.36. The van der Waals surface area contributed by atoms with Gasteiger partial charge in [0.1, 0.15) is 17.3 Å². The normalized spacial score (nSPS) is 12.0. The van der Waals surface area contributed by atoms with Crippen LogP contribution in [0.15, 0.2) is 65.7 Å². The van der Waals surface area contributed by atoms with Gasteiger partial charge in [0.2, 0.25) is 5.91 Å². The molecule has 1 atom stereocenters. The molecular formula is C23H20Cl2N4O3. The Bertz CT molecular complexity index is 1320. The largest absolute Gasteiger partial charge is 0.497 e. The van der Waals surface area contributed by atoms with Gasteiger partial charge in [0.25, 0.3) is 5.56 Å². The number of nitrogens with one attached hydrogen (secondary N) is 2. The highest BCUT2D eigenvalue weighted by molar-refractivity contribution is 6.41. The van der Waals surface area contributed by atoms with E-state index in [0.717, 1.165) is 32.5 Å². The maximum absolute atomic E-state index is 12.6. The van der Waals surface area contributed by atoms with Gasteiger partial charge in [0.05, 0.1) is 18.3 Å². The minimum Gasteiger partial charge on any atom is -0.497 e. The number of methoxy groups -OCH3 is 1. The molecule has 32 heavy (non-hydrogen) atoms. The molecule has 2 heterocycles. The summed E-state index contributed by atoms with van der Waals surface area (Å²) in [7, 11) is 1.62. The van der Waals surface area contributed by atoms with Gasteiger partial charge in [-0.3, -0.25) is 9.59 Å². The Hall–Kier alpha value is -3.29. The van der Waals surface area contributed by atoms with Crippen LogP contribution in [-0.4, -0.2) is 34.3 Å². The van der Waals surface area contributed by atoms with E-state index >= 15 is 0 Å². The first kappa shape index (κ1) is 21.9. The van der Waals surface area contributed by atoms with E-state index in [2.05, 4.69) is 15.4 Å². The van der Waals surface area contributed by atoms with Gasteiger partial charge in [0.15, 0.2) is 0 Å². The van der Waals surface area contributed by atoms with E-state index in [1.807, 2.05) is 54.7 Å².